The monoisotopic (exact) mass is 403 g/mol. The van der Waals surface area contributed by atoms with Crippen LogP contribution in [-0.4, -0.2) is 80.1 Å². The fourth-order valence-corrected chi connectivity index (χ4v) is 4.26. The van der Waals surface area contributed by atoms with E-state index in [0.717, 1.165) is 69.8 Å². The first-order chi connectivity index (χ1) is 14.1. The Labute approximate surface area is 173 Å². The molecule has 2 heterocycles. The number of aliphatic hydroxyl groups excluding tert-OH is 1. The van der Waals surface area contributed by atoms with E-state index in [1.54, 1.807) is 7.11 Å². The van der Waals surface area contributed by atoms with Gasteiger partial charge in [-0.3, -0.25) is 9.69 Å². The second-order valence-electron chi connectivity index (χ2n) is 8.40. The van der Waals surface area contributed by atoms with Crippen molar-refractivity contribution in [3.05, 3.63) is 24.3 Å². The third-order valence-corrected chi connectivity index (χ3v) is 6.22. The highest BCUT2D eigenvalue weighted by Gasteiger charge is 2.37. The highest BCUT2D eigenvalue weighted by molar-refractivity contribution is 5.82. The van der Waals surface area contributed by atoms with Gasteiger partial charge in [-0.05, 0) is 44.2 Å². The molecule has 1 aliphatic carbocycles. The van der Waals surface area contributed by atoms with Crippen LogP contribution >= 0.6 is 0 Å². The molecule has 0 aromatic heterocycles. The maximum absolute atomic E-state index is 12.3. The molecule has 0 bridgehead atoms. The summed E-state index contributed by atoms with van der Waals surface area (Å²) < 4.78 is 11.5. The topological polar surface area (TPSA) is 74.3 Å². The average Bonchev–Trinajstić information content (AvgIpc) is 3.57. The molecule has 1 amide bonds. The normalized spacial score (nSPS) is 28.2. The lowest BCUT2D eigenvalue weighted by atomic mass is 9.98. The van der Waals surface area contributed by atoms with Crippen LogP contribution in [0.15, 0.2) is 24.3 Å². The van der Waals surface area contributed by atoms with Crippen LogP contribution in [0.2, 0.25) is 0 Å². The van der Waals surface area contributed by atoms with Gasteiger partial charge < -0.3 is 24.8 Å². The summed E-state index contributed by atoms with van der Waals surface area (Å²) in [6.07, 6.45) is 3.07. The van der Waals surface area contributed by atoms with Gasteiger partial charge in [0, 0.05) is 38.8 Å². The van der Waals surface area contributed by atoms with Gasteiger partial charge in [0.05, 0.1) is 25.0 Å². The molecule has 1 saturated carbocycles. The molecule has 7 heteroatoms. The first-order valence-corrected chi connectivity index (χ1v) is 10.9. The van der Waals surface area contributed by atoms with Crippen LogP contribution in [0.3, 0.4) is 0 Å². The van der Waals surface area contributed by atoms with Crippen LogP contribution in [0.5, 0.6) is 5.75 Å². The Balaban J connectivity index is 1.22. The number of para-hydroxylation sites is 2. The van der Waals surface area contributed by atoms with Crippen LogP contribution in [0.4, 0.5) is 5.69 Å². The number of carbonyl (C=O) groups is 1. The number of hydrogen-bond acceptors (Lipinski definition) is 6. The predicted molar refractivity (Wildman–Crippen MR) is 111 cm³/mol. The number of amides is 1. The number of nitrogens with zero attached hydrogens (tertiary/aromatic N) is 2. The second kappa shape index (κ2) is 9.32. The van der Waals surface area contributed by atoms with Gasteiger partial charge in [0.15, 0.2) is 6.10 Å². The lowest BCUT2D eigenvalue weighted by molar-refractivity contribution is -0.158. The number of hydrogen-bond donors (Lipinski definition) is 2. The fourth-order valence-electron chi connectivity index (χ4n) is 4.26. The summed E-state index contributed by atoms with van der Waals surface area (Å²) >= 11 is 0. The van der Waals surface area contributed by atoms with E-state index < -0.39 is 12.2 Å². The number of rotatable bonds is 7. The van der Waals surface area contributed by atoms with Crippen molar-refractivity contribution in [2.24, 2.45) is 0 Å². The van der Waals surface area contributed by atoms with Crippen molar-refractivity contribution in [1.82, 2.24) is 10.2 Å². The molecule has 0 radical (unpaired) electrons. The highest BCUT2D eigenvalue weighted by Crippen LogP contribution is 2.29. The molecular weight excluding hydrogens is 370 g/mol. The molecule has 0 unspecified atom stereocenters. The second-order valence-corrected chi connectivity index (χ2v) is 8.40. The van der Waals surface area contributed by atoms with Crippen molar-refractivity contribution in [3.63, 3.8) is 0 Å². The molecule has 2 aliphatic heterocycles. The molecular formula is C22H33N3O4. The van der Waals surface area contributed by atoms with Crippen LogP contribution in [-0.2, 0) is 9.53 Å². The number of nitrogens with one attached hydrogen (secondary N) is 1. The Morgan fingerprint density at radius 2 is 1.93 bits per heavy atom. The largest absolute Gasteiger partial charge is 0.495 e. The number of ether oxygens (including phenoxy) is 2. The van der Waals surface area contributed by atoms with Gasteiger partial charge in [-0.2, -0.15) is 0 Å². The van der Waals surface area contributed by atoms with E-state index in [1.165, 1.54) is 0 Å². The van der Waals surface area contributed by atoms with Crippen molar-refractivity contribution < 1.29 is 19.4 Å². The number of carbonyl (C=O) groups excluding carboxylic acids is 1. The van der Waals surface area contributed by atoms with Crippen molar-refractivity contribution in [2.75, 3.05) is 44.7 Å². The summed E-state index contributed by atoms with van der Waals surface area (Å²) in [5.41, 5.74) is 1.16. The smallest absolute Gasteiger partial charge is 0.252 e. The Morgan fingerprint density at radius 3 is 2.66 bits per heavy atom. The van der Waals surface area contributed by atoms with Crippen molar-refractivity contribution in [3.8, 4) is 5.75 Å². The fraction of sp³-hybridized carbons (Fsp3) is 0.682. The van der Waals surface area contributed by atoms with Crippen molar-refractivity contribution in [2.45, 2.75) is 56.5 Å². The first kappa shape index (κ1) is 20.4. The minimum Gasteiger partial charge on any atom is -0.495 e. The zero-order valence-corrected chi connectivity index (χ0v) is 17.3. The van der Waals surface area contributed by atoms with E-state index in [-0.39, 0.29) is 12.0 Å². The van der Waals surface area contributed by atoms with Gasteiger partial charge in [0.25, 0.3) is 5.91 Å². The molecule has 29 heavy (non-hydrogen) atoms. The van der Waals surface area contributed by atoms with E-state index in [9.17, 15) is 9.90 Å². The zero-order chi connectivity index (χ0) is 20.2. The lowest BCUT2D eigenvalue weighted by Crippen LogP contribution is -2.50. The molecule has 1 aromatic rings. The summed E-state index contributed by atoms with van der Waals surface area (Å²) in [5.74, 6) is 0.778. The van der Waals surface area contributed by atoms with Gasteiger partial charge in [0.2, 0.25) is 0 Å². The summed E-state index contributed by atoms with van der Waals surface area (Å²) in [6, 6.07) is 8.46. The SMILES string of the molecule is COc1ccccc1N1CCN(CC[C@@H]2CC[C@H](O)[C@@H](C(=O)NC3CC3)O2)CC1. The summed E-state index contributed by atoms with van der Waals surface area (Å²) in [5, 5.41) is 13.1. The molecule has 2 N–H and O–H groups in total. The minimum atomic E-state index is -0.711. The highest BCUT2D eigenvalue weighted by atomic mass is 16.5. The number of aliphatic hydroxyl groups is 1. The van der Waals surface area contributed by atoms with Crippen LogP contribution in [0, 0.1) is 0 Å². The van der Waals surface area contributed by atoms with E-state index in [1.807, 2.05) is 12.1 Å². The first-order valence-electron chi connectivity index (χ1n) is 10.9. The quantitative estimate of drug-likeness (QED) is 0.717. The van der Waals surface area contributed by atoms with E-state index in [2.05, 4.69) is 27.2 Å². The minimum absolute atomic E-state index is 0.0422. The Morgan fingerprint density at radius 1 is 1.17 bits per heavy atom. The van der Waals surface area contributed by atoms with Gasteiger partial charge in [0.1, 0.15) is 5.75 Å². The third kappa shape index (κ3) is 5.21. The van der Waals surface area contributed by atoms with Gasteiger partial charge in [-0.15, -0.1) is 0 Å². The molecule has 3 aliphatic rings. The molecule has 3 fully saturated rings. The van der Waals surface area contributed by atoms with Crippen LogP contribution in [0.1, 0.15) is 32.1 Å². The maximum Gasteiger partial charge on any atom is 0.252 e. The third-order valence-electron chi connectivity index (χ3n) is 6.22. The van der Waals surface area contributed by atoms with Gasteiger partial charge in [-0.25, -0.2) is 0 Å². The Hall–Kier alpha value is -1.83. The summed E-state index contributed by atoms with van der Waals surface area (Å²) in [4.78, 5) is 17.1. The molecule has 4 rings (SSSR count). The van der Waals surface area contributed by atoms with E-state index >= 15 is 0 Å². The molecule has 7 nitrogen and oxygen atoms in total. The molecule has 1 aromatic carbocycles. The van der Waals surface area contributed by atoms with E-state index in [0.29, 0.717) is 12.5 Å². The molecule has 2 saturated heterocycles. The number of anilines is 1. The van der Waals surface area contributed by atoms with E-state index in [4.69, 9.17) is 9.47 Å². The average molecular weight is 404 g/mol. The Bertz CT molecular complexity index is 688. The summed E-state index contributed by atoms with van der Waals surface area (Å²) in [7, 11) is 1.72. The molecule has 0 spiro atoms. The lowest BCUT2D eigenvalue weighted by Gasteiger charge is -2.38. The van der Waals surface area contributed by atoms with Gasteiger partial charge >= 0.3 is 0 Å². The molecule has 3 atom stereocenters. The van der Waals surface area contributed by atoms with Crippen molar-refractivity contribution in [1.29, 1.82) is 0 Å². The zero-order valence-electron chi connectivity index (χ0n) is 17.3. The van der Waals surface area contributed by atoms with Crippen molar-refractivity contribution >= 4 is 11.6 Å². The molecule has 160 valence electrons. The standard InChI is InChI=1S/C22H33N3O4/c1-28-20-5-3-2-4-18(20)25-14-12-24(13-15-25)11-10-17-8-9-19(26)21(29-17)22(27)23-16-6-7-16/h2-5,16-17,19,21,26H,6-15H2,1H3,(H,23,27)/t17-,19-,21-/m0/s1. The number of benzene rings is 1. The van der Waals surface area contributed by atoms with Gasteiger partial charge in [-0.1, -0.05) is 12.1 Å². The number of methoxy groups -OCH3 is 1. The Kier molecular flexibility index (Phi) is 6.57. The van der Waals surface area contributed by atoms with Crippen LogP contribution < -0.4 is 15.0 Å². The van der Waals surface area contributed by atoms with Crippen LogP contribution in [0.25, 0.3) is 0 Å². The summed E-state index contributed by atoms with van der Waals surface area (Å²) in [6.45, 7) is 4.89. The number of piperazine rings is 1. The predicted octanol–water partition coefficient (Wildman–Crippen LogP) is 1.39. The maximum atomic E-state index is 12.3.